The molecule has 0 spiro atoms. The lowest BCUT2D eigenvalue weighted by atomic mass is 9.70. The molecular weight excluding hydrogens is 274 g/mol. The smallest absolute Gasteiger partial charge is 0.243 e. The van der Waals surface area contributed by atoms with Crippen molar-refractivity contribution >= 4 is 15.8 Å². The Balaban J connectivity index is 1.88. The van der Waals surface area contributed by atoms with Crippen LogP contribution in [0.1, 0.15) is 24.8 Å². The fourth-order valence-electron chi connectivity index (χ4n) is 3.51. The van der Waals surface area contributed by atoms with E-state index in [4.69, 9.17) is 0 Å². The monoisotopic (exact) mass is 293 g/mol. The lowest BCUT2D eigenvalue weighted by molar-refractivity contribution is -0.139. The minimum absolute atomic E-state index is 0.102. The van der Waals surface area contributed by atoms with Crippen molar-refractivity contribution in [2.45, 2.75) is 37.1 Å². The molecule has 0 aliphatic heterocycles. The Hall–Kier alpha value is -1.20. The number of aryl methyl sites for hydroxylation is 1. The summed E-state index contributed by atoms with van der Waals surface area (Å²) in [5, 5.41) is 0. The van der Waals surface area contributed by atoms with Gasteiger partial charge in [0.2, 0.25) is 10.0 Å². The molecule has 0 unspecified atom stereocenters. The van der Waals surface area contributed by atoms with Crippen molar-refractivity contribution in [1.29, 1.82) is 0 Å². The zero-order valence-corrected chi connectivity index (χ0v) is 12.6. The second kappa shape index (κ2) is 4.67. The minimum atomic E-state index is -3.57. The van der Waals surface area contributed by atoms with Gasteiger partial charge in [0.25, 0.3) is 0 Å². The highest BCUT2D eigenvalue weighted by atomic mass is 32.2. The number of carbonyl (C=O) groups excluding carboxylic acids is 1. The van der Waals surface area contributed by atoms with Crippen molar-refractivity contribution in [3.63, 3.8) is 0 Å². The standard InChI is InChI=1S/C15H19NO3S/c1-10-6-8-11(9-7-10)20(18,19)16(2)14-12-4-3-5-13(12)15(14)17/h6-9,12-14H,3-5H2,1-2H3/t12-,13+,14-/m0/s1. The number of nitrogens with zero attached hydrogens (tertiary/aromatic N) is 1. The fourth-order valence-corrected chi connectivity index (χ4v) is 4.88. The number of carbonyl (C=O) groups is 1. The summed E-state index contributed by atoms with van der Waals surface area (Å²) in [6, 6.07) is 6.32. The summed E-state index contributed by atoms with van der Waals surface area (Å²) in [4.78, 5) is 12.4. The van der Waals surface area contributed by atoms with Gasteiger partial charge in [-0.25, -0.2) is 8.42 Å². The predicted octanol–water partition coefficient (Wildman–Crippen LogP) is 1.98. The third-order valence-corrected chi connectivity index (χ3v) is 6.57. The Labute approximate surface area is 119 Å². The number of hydrogen-bond donors (Lipinski definition) is 0. The van der Waals surface area contributed by atoms with Gasteiger partial charge in [0.15, 0.2) is 5.78 Å². The molecule has 0 radical (unpaired) electrons. The van der Waals surface area contributed by atoms with Gasteiger partial charge in [-0.15, -0.1) is 0 Å². The zero-order valence-electron chi connectivity index (χ0n) is 11.7. The van der Waals surface area contributed by atoms with Gasteiger partial charge in [-0.2, -0.15) is 4.31 Å². The summed E-state index contributed by atoms with van der Waals surface area (Å²) in [5.74, 6) is 0.439. The molecule has 20 heavy (non-hydrogen) atoms. The van der Waals surface area contributed by atoms with Crippen LogP contribution in [0.3, 0.4) is 0 Å². The topological polar surface area (TPSA) is 54.5 Å². The minimum Gasteiger partial charge on any atom is -0.298 e. The van der Waals surface area contributed by atoms with Crippen LogP contribution in [0.25, 0.3) is 0 Å². The molecule has 1 aromatic rings. The van der Waals surface area contributed by atoms with Gasteiger partial charge in [0, 0.05) is 13.0 Å². The van der Waals surface area contributed by atoms with E-state index in [2.05, 4.69) is 0 Å². The van der Waals surface area contributed by atoms with Gasteiger partial charge in [-0.05, 0) is 37.8 Å². The molecule has 0 heterocycles. The third-order valence-electron chi connectivity index (χ3n) is 4.72. The average molecular weight is 293 g/mol. The molecule has 3 rings (SSSR count). The SMILES string of the molecule is Cc1ccc(S(=O)(=O)N(C)[C@@H]2C(=O)[C@@H]3CCC[C@H]23)cc1. The van der Waals surface area contributed by atoms with Crippen LogP contribution < -0.4 is 0 Å². The van der Waals surface area contributed by atoms with Crippen LogP contribution in [0.5, 0.6) is 0 Å². The van der Waals surface area contributed by atoms with E-state index in [0.717, 1.165) is 24.8 Å². The summed E-state index contributed by atoms with van der Waals surface area (Å²) < 4.78 is 26.5. The van der Waals surface area contributed by atoms with E-state index < -0.39 is 16.1 Å². The first-order valence-corrected chi connectivity index (χ1v) is 8.45. The van der Waals surface area contributed by atoms with E-state index in [-0.39, 0.29) is 22.5 Å². The van der Waals surface area contributed by atoms with Crippen LogP contribution >= 0.6 is 0 Å². The Kier molecular flexibility index (Phi) is 3.21. The Bertz CT molecular complexity index is 636. The van der Waals surface area contributed by atoms with Crippen LogP contribution in [0.4, 0.5) is 0 Å². The lowest BCUT2D eigenvalue weighted by Gasteiger charge is -2.43. The molecule has 2 aliphatic carbocycles. The van der Waals surface area contributed by atoms with Crippen molar-refractivity contribution in [2.24, 2.45) is 11.8 Å². The second-order valence-corrected chi connectivity index (χ2v) is 7.88. The highest BCUT2D eigenvalue weighted by Crippen LogP contribution is 2.47. The second-order valence-electron chi connectivity index (χ2n) is 5.88. The van der Waals surface area contributed by atoms with Gasteiger partial charge in [0.05, 0.1) is 10.9 Å². The molecule has 3 atom stereocenters. The molecule has 0 amide bonds. The molecular formula is C15H19NO3S. The van der Waals surface area contributed by atoms with E-state index >= 15 is 0 Å². The molecule has 1 aromatic carbocycles. The summed E-state index contributed by atoms with van der Waals surface area (Å²) in [6.45, 7) is 1.92. The van der Waals surface area contributed by atoms with Gasteiger partial charge >= 0.3 is 0 Å². The number of sulfonamides is 1. The maximum atomic E-state index is 12.6. The highest BCUT2D eigenvalue weighted by Gasteiger charge is 2.55. The quantitative estimate of drug-likeness (QED) is 0.856. The summed E-state index contributed by atoms with van der Waals surface area (Å²) in [5.41, 5.74) is 1.02. The van der Waals surface area contributed by atoms with Gasteiger partial charge in [0.1, 0.15) is 0 Å². The maximum Gasteiger partial charge on any atom is 0.243 e. The molecule has 2 aliphatic rings. The first-order chi connectivity index (χ1) is 9.43. The van der Waals surface area contributed by atoms with Crippen LogP contribution in [0.15, 0.2) is 29.2 Å². The lowest BCUT2D eigenvalue weighted by Crippen LogP contribution is -2.59. The van der Waals surface area contributed by atoms with Crippen molar-refractivity contribution in [2.75, 3.05) is 7.05 Å². The fraction of sp³-hybridized carbons (Fsp3) is 0.533. The summed E-state index contributed by atoms with van der Waals surface area (Å²) in [6.07, 6.45) is 2.93. The molecule has 108 valence electrons. The van der Waals surface area contributed by atoms with E-state index in [1.54, 1.807) is 24.3 Å². The number of ketones is 1. The molecule has 0 aromatic heterocycles. The number of rotatable bonds is 3. The Morgan fingerprint density at radius 1 is 1.15 bits per heavy atom. The molecule has 0 N–H and O–H groups in total. The van der Waals surface area contributed by atoms with Crippen LogP contribution in [0, 0.1) is 18.8 Å². The van der Waals surface area contributed by atoms with E-state index in [1.807, 2.05) is 6.92 Å². The van der Waals surface area contributed by atoms with Crippen molar-refractivity contribution in [1.82, 2.24) is 4.31 Å². The predicted molar refractivity (Wildman–Crippen MR) is 75.8 cm³/mol. The molecule has 5 heteroatoms. The van der Waals surface area contributed by atoms with Crippen LogP contribution in [0.2, 0.25) is 0 Å². The number of hydrogen-bond acceptors (Lipinski definition) is 3. The van der Waals surface area contributed by atoms with Crippen molar-refractivity contribution < 1.29 is 13.2 Å². The Morgan fingerprint density at radius 2 is 1.80 bits per heavy atom. The number of benzene rings is 1. The Morgan fingerprint density at radius 3 is 2.45 bits per heavy atom. The highest BCUT2D eigenvalue weighted by molar-refractivity contribution is 7.89. The normalized spacial score (nSPS) is 29.4. The molecule has 4 nitrogen and oxygen atoms in total. The molecule has 2 fully saturated rings. The average Bonchev–Trinajstić information content (AvgIpc) is 2.83. The first-order valence-electron chi connectivity index (χ1n) is 7.01. The number of fused-ring (bicyclic) bond motifs is 1. The van der Waals surface area contributed by atoms with Gasteiger partial charge < -0.3 is 0 Å². The van der Waals surface area contributed by atoms with Crippen molar-refractivity contribution in [3.8, 4) is 0 Å². The molecule has 0 bridgehead atoms. The number of likely N-dealkylation sites (N-methyl/N-ethyl adjacent to an activating group) is 1. The summed E-state index contributed by atoms with van der Waals surface area (Å²) >= 11 is 0. The van der Waals surface area contributed by atoms with Crippen LogP contribution in [-0.2, 0) is 14.8 Å². The number of Topliss-reactive ketones (excluding diaryl/α,β-unsaturated/α-hetero) is 1. The van der Waals surface area contributed by atoms with E-state index in [0.29, 0.717) is 0 Å². The molecule has 2 saturated carbocycles. The molecule has 0 saturated heterocycles. The van der Waals surface area contributed by atoms with Gasteiger partial charge in [-0.1, -0.05) is 24.1 Å². The maximum absolute atomic E-state index is 12.6. The third kappa shape index (κ3) is 1.91. The zero-order chi connectivity index (χ0) is 14.5. The van der Waals surface area contributed by atoms with E-state index in [1.165, 1.54) is 11.4 Å². The van der Waals surface area contributed by atoms with Crippen LogP contribution in [-0.4, -0.2) is 31.6 Å². The van der Waals surface area contributed by atoms with Crippen molar-refractivity contribution in [3.05, 3.63) is 29.8 Å². The summed E-state index contributed by atoms with van der Waals surface area (Å²) in [7, 11) is -2.04. The van der Waals surface area contributed by atoms with Gasteiger partial charge in [-0.3, -0.25) is 4.79 Å². The van der Waals surface area contributed by atoms with E-state index in [9.17, 15) is 13.2 Å². The largest absolute Gasteiger partial charge is 0.298 e. The first kappa shape index (κ1) is 13.8.